The van der Waals surface area contributed by atoms with Gasteiger partial charge in [0.2, 0.25) is 5.91 Å². The van der Waals surface area contributed by atoms with Gasteiger partial charge in [0, 0.05) is 6.20 Å². The molecule has 0 aromatic carbocycles. The van der Waals surface area contributed by atoms with Crippen molar-refractivity contribution in [2.75, 3.05) is 0 Å². The van der Waals surface area contributed by atoms with E-state index in [2.05, 4.69) is 24.7 Å². The van der Waals surface area contributed by atoms with Gasteiger partial charge in [-0.2, -0.15) is 0 Å². The van der Waals surface area contributed by atoms with Crippen LogP contribution in [0, 0.1) is 0 Å². The maximum Gasteiger partial charge on any atom is 0.236 e. The van der Waals surface area contributed by atoms with E-state index in [1.54, 1.807) is 36.8 Å². The van der Waals surface area contributed by atoms with E-state index in [0.717, 1.165) is 17.7 Å². The second kappa shape index (κ2) is 14.3. The molecule has 0 aliphatic carbocycles. The van der Waals surface area contributed by atoms with Gasteiger partial charge < -0.3 is 0 Å². The highest BCUT2D eigenvalue weighted by Gasteiger charge is 2.06. The molecule has 0 radical (unpaired) electrons. The molecule has 0 saturated carbocycles. The van der Waals surface area contributed by atoms with Crippen molar-refractivity contribution in [2.24, 2.45) is 0 Å². The smallest absolute Gasteiger partial charge is 0.236 e. The molecule has 21 heavy (non-hydrogen) atoms. The van der Waals surface area contributed by atoms with Crippen LogP contribution >= 0.6 is 0 Å². The van der Waals surface area contributed by atoms with Crippen LogP contribution in [0.5, 0.6) is 0 Å². The number of imidazole rings is 1. The molecular formula is C18H28N2O. The molecule has 0 aliphatic rings. The molecule has 0 amide bonds. The van der Waals surface area contributed by atoms with Crippen LogP contribution in [0.2, 0.25) is 0 Å². The minimum Gasteiger partial charge on any atom is -0.276 e. The maximum atomic E-state index is 11.7. The number of carbonyl (C=O) groups is 1. The Labute approximate surface area is 129 Å². The fourth-order valence-electron chi connectivity index (χ4n) is 1.23. The summed E-state index contributed by atoms with van der Waals surface area (Å²) in [6.45, 7) is 18.6. The molecule has 0 fully saturated rings. The lowest BCUT2D eigenvalue weighted by molar-refractivity contribution is 0.0915. The molecule has 0 saturated heterocycles. The summed E-state index contributed by atoms with van der Waals surface area (Å²) in [5.41, 5.74) is 1.68. The van der Waals surface area contributed by atoms with E-state index in [4.69, 9.17) is 0 Å². The van der Waals surface area contributed by atoms with E-state index >= 15 is 0 Å². The quantitative estimate of drug-likeness (QED) is 0.565. The van der Waals surface area contributed by atoms with E-state index in [0.29, 0.717) is 6.42 Å². The Morgan fingerprint density at radius 2 is 1.95 bits per heavy atom. The largest absolute Gasteiger partial charge is 0.276 e. The Morgan fingerprint density at radius 1 is 1.38 bits per heavy atom. The van der Waals surface area contributed by atoms with Crippen molar-refractivity contribution in [3.8, 4) is 0 Å². The van der Waals surface area contributed by atoms with Crippen LogP contribution in [0.15, 0.2) is 62.1 Å². The fourth-order valence-corrected chi connectivity index (χ4v) is 1.23. The van der Waals surface area contributed by atoms with Crippen molar-refractivity contribution >= 4 is 5.91 Å². The molecule has 3 heteroatoms. The molecule has 1 aromatic heterocycles. The average molecular weight is 288 g/mol. The first-order valence-corrected chi connectivity index (χ1v) is 7.19. The van der Waals surface area contributed by atoms with Gasteiger partial charge in [0.1, 0.15) is 6.33 Å². The topological polar surface area (TPSA) is 34.9 Å². The van der Waals surface area contributed by atoms with Gasteiger partial charge in [-0.1, -0.05) is 58.2 Å². The van der Waals surface area contributed by atoms with Crippen molar-refractivity contribution in [3.05, 3.63) is 67.8 Å². The van der Waals surface area contributed by atoms with Crippen LogP contribution in [-0.2, 0) is 6.42 Å². The Hall–Kier alpha value is -2.16. The Kier molecular flexibility index (Phi) is 14.4. The number of nitrogens with zero attached hydrogens (tertiary/aromatic N) is 2. The normalized spacial score (nSPS) is 8.95. The zero-order chi connectivity index (χ0) is 16.7. The predicted molar refractivity (Wildman–Crippen MR) is 92.5 cm³/mol. The fraction of sp³-hybridized carbons (Fsp3) is 0.333. The van der Waals surface area contributed by atoms with E-state index < -0.39 is 0 Å². The molecule has 3 nitrogen and oxygen atoms in total. The van der Waals surface area contributed by atoms with Gasteiger partial charge in [-0.15, -0.1) is 6.58 Å². The van der Waals surface area contributed by atoms with Gasteiger partial charge in [0.15, 0.2) is 0 Å². The van der Waals surface area contributed by atoms with Crippen LogP contribution in [0.4, 0.5) is 0 Å². The van der Waals surface area contributed by atoms with Crippen molar-refractivity contribution in [1.29, 1.82) is 0 Å². The van der Waals surface area contributed by atoms with Crippen molar-refractivity contribution in [3.63, 3.8) is 0 Å². The van der Waals surface area contributed by atoms with Crippen molar-refractivity contribution in [2.45, 2.75) is 40.5 Å². The Bertz CT molecular complexity index is 467. The number of rotatable bonds is 5. The summed E-state index contributed by atoms with van der Waals surface area (Å²) in [7, 11) is 0. The number of aromatic nitrogens is 2. The summed E-state index contributed by atoms with van der Waals surface area (Å²) in [4.78, 5) is 15.9. The molecule has 0 unspecified atom stereocenters. The monoisotopic (exact) mass is 288 g/mol. The van der Waals surface area contributed by atoms with E-state index in [1.807, 2.05) is 27.7 Å². The summed E-state index contributed by atoms with van der Waals surface area (Å²) in [6, 6.07) is 0. The highest BCUT2D eigenvalue weighted by Crippen LogP contribution is 2.05. The Morgan fingerprint density at radius 3 is 2.38 bits per heavy atom. The van der Waals surface area contributed by atoms with E-state index in [-0.39, 0.29) is 5.91 Å². The molecule has 0 spiro atoms. The van der Waals surface area contributed by atoms with Gasteiger partial charge in [-0.05, 0) is 18.9 Å². The second-order valence-corrected chi connectivity index (χ2v) is 3.86. The standard InChI is InChI=1S/C13H16N2O.C3H6.C2H6/c1-4-6-7-11(3)8-13(16)15-9-12(5-2)14-10-15;1-3-2;1-2/h4,6-7,9-10H,1,3,5,8H2,2H3;3H,1H2,2H3;1-2H3/b7-6-;;. The number of hydrogen-bond acceptors (Lipinski definition) is 2. The van der Waals surface area contributed by atoms with E-state index in [9.17, 15) is 4.79 Å². The summed E-state index contributed by atoms with van der Waals surface area (Å²) in [5.74, 6) is -0.0223. The van der Waals surface area contributed by atoms with Crippen molar-refractivity contribution in [1.82, 2.24) is 9.55 Å². The van der Waals surface area contributed by atoms with E-state index in [1.165, 1.54) is 4.57 Å². The second-order valence-electron chi connectivity index (χ2n) is 3.86. The van der Waals surface area contributed by atoms with Gasteiger partial charge in [0.25, 0.3) is 0 Å². The molecule has 1 rings (SSSR count). The number of allylic oxidation sites excluding steroid dienone is 5. The third-order valence-corrected chi connectivity index (χ3v) is 2.13. The lowest BCUT2D eigenvalue weighted by atomic mass is 10.2. The molecule has 1 heterocycles. The minimum atomic E-state index is -0.0223. The summed E-state index contributed by atoms with van der Waals surface area (Å²) >= 11 is 0. The number of hydrogen-bond donors (Lipinski definition) is 0. The molecule has 116 valence electrons. The first kappa shape index (κ1) is 21.1. The Balaban J connectivity index is 0. The maximum absolute atomic E-state index is 11.7. The molecule has 0 aliphatic heterocycles. The zero-order valence-corrected chi connectivity index (χ0v) is 13.8. The number of aryl methyl sites for hydroxylation is 1. The van der Waals surface area contributed by atoms with Gasteiger partial charge in [-0.3, -0.25) is 9.36 Å². The first-order valence-electron chi connectivity index (χ1n) is 7.19. The van der Waals surface area contributed by atoms with Crippen LogP contribution in [0.1, 0.15) is 44.6 Å². The van der Waals surface area contributed by atoms with Crippen LogP contribution in [-0.4, -0.2) is 15.5 Å². The predicted octanol–water partition coefficient (Wildman–Crippen LogP) is 4.99. The first-order chi connectivity index (χ1) is 10.1. The highest BCUT2D eigenvalue weighted by molar-refractivity contribution is 5.81. The summed E-state index contributed by atoms with van der Waals surface area (Å²) < 4.78 is 1.51. The van der Waals surface area contributed by atoms with Gasteiger partial charge >= 0.3 is 0 Å². The minimum absolute atomic E-state index is 0.0223. The zero-order valence-electron chi connectivity index (χ0n) is 13.8. The SMILES string of the molecule is C=C/C=C\C(=C)CC(=O)n1cnc(CC)c1.C=CC.CC. The summed E-state index contributed by atoms with van der Waals surface area (Å²) in [6.07, 6.45) is 11.4. The van der Waals surface area contributed by atoms with Gasteiger partial charge in [0.05, 0.1) is 12.1 Å². The molecule has 1 aromatic rings. The third-order valence-electron chi connectivity index (χ3n) is 2.13. The third kappa shape index (κ3) is 10.3. The molecule has 0 bridgehead atoms. The van der Waals surface area contributed by atoms with Crippen LogP contribution in [0.25, 0.3) is 0 Å². The lowest BCUT2D eigenvalue weighted by Gasteiger charge is -2.00. The van der Waals surface area contributed by atoms with Crippen molar-refractivity contribution < 1.29 is 4.79 Å². The molecular weight excluding hydrogens is 260 g/mol. The lowest BCUT2D eigenvalue weighted by Crippen LogP contribution is -2.08. The molecule has 0 N–H and O–H groups in total. The van der Waals surface area contributed by atoms with Gasteiger partial charge in [-0.25, -0.2) is 4.98 Å². The average Bonchev–Trinajstić information content (AvgIpc) is 2.97. The van der Waals surface area contributed by atoms with Crippen LogP contribution < -0.4 is 0 Å². The van der Waals surface area contributed by atoms with Crippen LogP contribution in [0.3, 0.4) is 0 Å². The highest BCUT2D eigenvalue weighted by atomic mass is 16.2. The summed E-state index contributed by atoms with van der Waals surface area (Å²) in [5, 5.41) is 0. The number of carbonyl (C=O) groups excluding carboxylic acids is 1. The molecule has 0 atom stereocenters.